The number of anilines is 2. The van der Waals surface area contributed by atoms with Gasteiger partial charge in [0.1, 0.15) is 23.5 Å². The van der Waals surface area contributed by atoms with Gasteiger partial charge in [0.15, 0.2) is 0 Å². The van der Waals surface area contributed by atoms with E-state index in [1.807, 2.05) is 49.9 Å². The summed E-state index contributed by atoms with van der Waals surface area (Å²) in [4.78, 5) is 23.8. The molecule has 4 rings (SSSR count). The highest BCUT2D eigenvalue weighted by molar-refractivity contribution is 6.16. The fourth-order valence-electron chi connectivity index (χ4n) is 4.25. The molecule has 0 spiro atoms. The summed E-state index contributed by atoms with van der Waals surface area (Å²) in [7, 11) is 0. The quantitative estimate of drug-likeness (QED) is 0.449. The number of aliphatic imine (C=N–C) groups is 2. The SMILES string of the molecule is C=C/N=C1/C=CC(N2CC[C@H](F)C2)=N/C1=C(/N)Nc1cc(NC(=O)c2cccc(C(C)(C)N)c2)ccc1C. The summed E-state index contributed by atoms with van der Waals surface area (Å²) in [5, 5.41) is 6.15. The number of aryl methyl sites for hydroxylation is 1. The van der Waals surface area contributed by atoms with Crippen LogP contribution in [0.15, 0.2) is 88.9 Å². The first kappa shape index (κ1) is 26.8. The zero-order valence-corrected chi connectivity index (χ0v) is 22.0. The molecule has 198 valence electrons. The van der Waals surface area contributed by atoms with E-state index < -0.39 is 11.7 Å². The molecule has 0 bridgehead atoms. The van der Waals surface area contributed by atoms with Crippen LogP contribution in [-0.4, -0.2) is 41.6 Å². The van der Waals surface area contributed by atoms with Crippen LogP contribution in [0.2, 0.25) is 0 Å². The van der Waals surface area contributed by atoms with E-state index in [-0.39, 0.29) is 11.7 Å². The number of halogens is 1. The topological polar surface area (TPSA) is 121 Å². The van der Waals surface area contributed by atoms with Crippen molar-refractivity contribution in [2.75, 3.05) is 23.7 Å². The molecule has 2 aromatic rings. The van der Waals surface area contributed by atoms with Gasteiger partial charge in [-0.15, -0.1) is 0 Å². The summed E-state index contributed by atoms with van der Waals surface area (Å²) >= 11 is 0. The van der Waals surface area contributed by atoms with Gasteiger partial charge in [0, 0.05) is 35.2 Å². The maximum Gasteiger partial charge on any atom is 0.255 e. The second-order valence-electron chi connectivity index (χ2n) is 10.0. The largest absolute Gasteiger partial charge is 0.383 e. The first-order chi connectivity index (χ1) is 18.0. The number of allylic oxidation sites excluding steroid dienone is 1. The number of hydrogen-bond acceptors (Lipinski definition) is 7. The molecule has 9 heteroatoms. The van der Waals surface area contributed by atoms with Crippen molar-refractivity contribution in [3.05, 3.63) is 95.6 Å². The number of hydrogen-bond donors (Lipinski definition) is 4. The number of nitrogens with one attached hydrogen (secondary N) is 2. The lowest BCUT2D eigenvalue weighted by Crippen LogP contribution is -2.30. The lowest BCUT2D eigenvalue weighted by molar-refractivity contribution is 0.102. The first-order valence-electron chi connectivity index (χ1n) is 12.5. The van der Waals surface area contributed by atoms with Crippen molar-refractivity contribution in [2.24, 2.45) is 21.5 Å². The van der Waals surface area contributed by atoms with Crippen LogP contribution in [0, 0.1) is 6.92 Å². The van der Waals surface area contributed by atoms with Gasteiger partial charge in [-0.05, 0) is 74.7 Å². The molecule has 8 nitrogen and oxygen atoms in total. The Bertz CT molecular complexity index is 1370. The van der Waals surface area contributed by atoms with Crippen LogP contribution in [0.3, 0.4) is 0 Å². The van der Waals surface area contributed by atoms with Crippen molar-refractivity contribution in [2.45, 2.75) is 38.9 Å². The number of amides is 1. The lowest BCUT2D eigenvalue weighted by atomic mass is 9.94. The number of dihydropyridines is 1. The van der Waals surface area contributed by atoms with Gasteiger partial charge in [-0.25, -0.2) is 9.38 Å². The minimum atomic E-state index is -0.873. The second-order valence-corrected chi connectivity index (χ2v) is 10.0. The zero-order chi connectivity index (χ0) is 27.4. The molecule has 1 saturated heterocycles. The van der Waals surface area contributed by atoms with Gasteiger partial charge in [-0.1, -0.05) is 24.8 Å². The Kier molecular flexibility index (Phi) is 7.78. The molecule has 0 saturated carbocycles. The van der Waals surface area contributed by atoms with Gasteiger partial charge in [-0.3, -0.25) is 9.79 Å². The van der Waals surface area contributed by atoms with E-state index in [1.165, 1.54) is 6.20 Å². The Balaban J connectivity index is 1.58. The predicted molar refractivity (Wildman–Crippen MR) is 153 cm³/mol. The Morgan fingerprint density at radius 1 is 1.24 bits per heavy atom. The number of nitrogens with zero attached hydrogens (tertiary/aromatic N) is 3. The van der Waals surface area contributed by atoms with Gasteiger partial charge in [0.05, 0.1) is 12.3 Å². The molecular weight excluding hydrogens is 481 g/mol. The van der Waals surface area contributed by atoms with E-state index in [9.17, 15) is 9.18 Å². The minimum absolute atomic E-state index is 0.249. The molecule has 6 N–H and O–H groups in total. The average Bonchev–Trinajstić information content (AvgIpc) is 3.32. The standard InChI is InChI=1S/C29H34FN7O/c1-5-33-23-11-12-25(37-14-13-21(30)17-37)36-26(23)27(31)35-24-16-22(10-9-18(24)2)34-28(38)19-7-6-8-20(15-19)29(3,4)32/h5-12,15-16,21,35H,1,13-14,17,31-32H2,2-4H3,(H,34,38)/b27-26-,33-23-/t21-/m0/s1. The van der Waals surface area contributed by atoms with Crippen molar-refractivity contribution in [1.29, 1.82) is 0 Å². The number of rotatable bonds is 6. The molecule has 2 aliphatic rings. The third-order valence-corrected chi connectivity index (χ3v) is 6.43. The maximum atomic E-state index is 13.8. The van der Waals surface area contributed by atoms with Gasteiger partial charge in [-0.2, -0.15) is 0 Å². The molecule has 1 atom stereocenters. The fourth-order valence-corrected chi connectivity index (χ4v) is 4.25. The minimum Gasteiger partial charge on any atom is -0.383 e. The zero-order valence-electron chi connectivity index (χ0n) is 22.0. The number of amidine groups is 1. The van der Waals surface area contributed by atoms with E-state index in [0.29, 0.717) is 53.7 Å². The molecule has 1 amide bonds. The number of likely N-dealkylation sites (tertiary alicyclic amines) is 1. The smallest absolute Gasteiger partial charge is 0.255 e. The summed E-state index contributed by atoms with van der Waals surface area (Å²) in [6.07, 6.45) is 4.61. The van der Waals surface area contributed by atoms with E-state index in [0.717, 1.165) is 11.1 Å². The molecular formula is C29H34FN7O. The van der Waals surface area contributed by atoms with Crippen molar-refractivity contribution in [3.8, 4) is 0 Å². The number of benzene rings is 2. The summed E-state index contributed by atoms with van der Waals surface area (Å²) in [6, 6.07) is 12.8. The second kappa shape index (κ2) is 11.0. The lowest BCUT2D eigenvalue weighted by Gasteiger charge is -2.22. The first-order valence-corrected chi connectivity index (χ1v) is 12.5. The summed E-state index contributed by atoms with van der Waals surface area (Å²) in [5.41, 5.74) is 16.7. The fraction of sp³-hybridized carbons (Fsp3) is 0.276. The Hall–Kier alpha value is -4.24. The monoisotopic (exact) mass is 515 g/mol. The van der Waals surface area contributed by atoms with Crippen LogP contribution in [0.4, 0.5) is 15.8 Å². The maximum absolute atomic E-state index is 13.8. The Labute approximate surface area is 222 Å². The molecule has 1 fully saturated rings. The van der Waals surface area contributed by atoms with Crippen LogP contribution in [-0.2, 0) is 5.54 Å². The van der Waals surface area contributed by atoms with Crippen molar-refractivity contribution < 1.29 is 9.18 Å². The highest BCUT2D eigenvalue weighted by Gasteiger charge is 2.26. The van der Waals surface area contributed by atoms with Gasteiger partial charge >= 0.3 is 0 Å². The van der Waals surface area contributed by atoms with Crippen molar-refractivity contribution in [3.63, 3.8) is 0 Å². The molecule has 0 radical (unpaired) electrons. The van der Waals surface area contributed by atoms with Crippen molar-refractivity contribution >= 4 is 28.8 Å². The van der Waals surface area contributed by atoms with E-state index in [2.05, 4.69) is 27.2 Å². The molecule has 0 aromatic heterocycles. The third-order valence-electron chi connectivity index (χ3n) is 6.43. The van der Waals surface area contributed by atoms with Crippen LogP contribution in [0.1, 0.15) is 41.8 Å². The van der Waals surface area contributed by atoms with Crippen LogP contribution in [0.5, 0.6) is 0 Å². The Morgan fingerprint density at radius 3 is 2.71 bits per heavy atom. The van der Waals surface area contributed by atoms with E-state index in [1.54, 1.807) is 30.4 Å². The van der Waals surface area contributed by atoms with E-state index >= 15 is 0 Å². The highest BCUT2D eigenvalue weighted by atomic mass is 19.1. The molecule has 2 aliphatic heterocycles. The van der Waals surface area contributed by atoms with Crippen LogP contribution >= 0.6 is 0 Å². The van der Waals surface area contributed by atoms with Crippen LogP contribution < -0.4 is 22.1 Å². The predicted octanol–water partition coefficient (Wildman–Crippen LogP) is 4.58. The molecule has 0 unspecified atom stereocenters. The van der Waals surface area contributed by atoms with Gasteiger partial charge < -0.3 is 27.0 Å². The van der Waals surface area contributed by atoms with Gasteiger partial charge in [0.25, 0.3) is 5.91 Å². The molecule has 2 heterocycles. The normalized spacial score (nSPS) is 19.8. The van der Waals surface area contributed by atoms with Gasteiger partial charge in [0.2, 0.25) is 0 Å². The summed E-state index contributed by atoms with van der Waals surface area (Å²) in [6.45, 7) is 10.3. The number of alkyl halides is 1. The number of carbonyl (C=O) groups excluding carboxylic acids is 1. The molecule has 38 heavy (non-hydrogen) atoms. The summed E-state index contributed by atoms with van der Waals surface area (Å²) in [5.74, 6) is 0.655. The van der Waals surface area contributed by atoms with E-state index in [4.69, 9.17) is 11.5 Å². The number of carbonyl (C=O) groups is 1. The third kappa shape index (κ3) is 6.18. The average molecular weight is 516 g/mol. The Morgan fingerprint density at radius 2 is 2.03 bits per heavy atom. The molecule has 2 aromatic carbocycles. The summed E-state index contributed by atoms with van der Waals surface area (Å²) < 4.78 is 13.8. The highest BCUT2D eigenvalue weighted by Crippen LogP contribution is 2.25. The number of nitrogens with two attached hydrogens (primary N) is 2. The molecule has 0 aliphatic carbocycles. The van der Waals surface area contributed by atoms with Crippen molar-refractivity contribution in [1.82, 2.24) is 4.90 Å². The van der Waals surface area contributed by atoms with Crippen LogP contribution in [0.25, 0.3) is 0 Å².